The molecule has 1 aromatic rings. The van der Waals surface area contributed by atoms with Crippen molar-refractivity contribution in [2.24, 2.45) is 0 Å². The van der Waals surface area contributed by atoms with Crippen molar-refractivity contribution in [2.75, 3.05) is 31.9 Å². The molecule has 1 amide bonds. The zero-order valence-corrected chi connectivity index (χ0v) is 14.2. The number of carboxylic acids is 1. The lowest BCUT2D eigenvalue weighted by atomic mass is 10.1. The van der Waals surface area contributed by atoms with Crippen molar-refractivity contribution in [3.05, 3.63) is 35.9 Å². The SMILES string of the molecule is O=C(O)CN(CCc1ccccc1)C(=O)CCN1CCCS1(=O)=O. The first-order valence-corrected chi connectivity index (χ1v) is 9.51. The number of amides is 1. The largest absolute Gasteiger partial charge is 0.480 e. The van der Waals surface area contributed by atoms with Gasteiger partial charge in [0.05, 0.1) is 5.75 Å². The first-order valence-electron chi connectivity index (χ1n) is 7.90. The van der Waals surface area contributed by atoms with Crippen LogP contribution in [0.3, 0.4) is 0 Å². The Kier molecular flexibility index (Phi) is 6.33. The monoisotopic (exact) mass is 354 g/mol. The highest BCUT2D eigenvalue weighted by Crippen LogP contribution is 2.14. The summed E-state index contributed by atoms with van der Waals surface area (Å²) < 4.78 is 24.8. The molecule has 1 aliphatic rings. The number of hydrogen-bond acceptors (Lipinski definition) is 4. The van der Waals surface area contributed by atoms with Crippen molar-refractivity contribution < 1.29 is 23.1 Å². The van der Waals surface area contributed by atoms with Crippen LogP contribution in [0.1, 0.15) is 18.4 Å². The van der Waals surface area contributed by atoms with Crippen LogP contribution >= 0.6 is 0 Å². The van der Waals surface area contributed by atoms with E-state index < -0.39 is 16.0 Å². The van der Waals surface area contributed by atoms with Crippen LogP contribution in [0.15, 0.2) is 30.3 Å². The predicted octanol–water partition coefficient (Wildman–Crippen LogP) is 0.568. The van der Waals surface area contributed by atoms with Crippen LogP contribution in [0.5, 0.6) is 0 Å². The Morgan fingerprint density at radius 3 is 2.50 bits per heavy atom. The Morgan fingerprint density at radius 1 is 1.21 bits per heavy atom. The zero-order chi connectivity index (χ0) is 17.6. The molecule has 0 bridgehead atoms. The second-order valence-corrected chi connectivity index (χ2v) is 7.85. The third kappa shape index (κ3) is 5.31. The highest BCUT2D eigenvalue weighted by molar-refractivity contribution is 7.89. The summed E-state index contributed by atoms with van der Waals surface area (Å²) in [7, 11) is -3.24. The van der Waals surface area contributed by atoms with Crippen LogP contribution in [-0.2, 0) is 26.0 Å². The summed E-state index contributed by atoms with van der Waals surface area (Å²) in [4.78, 5) is 24.6. The molecule has 0 radical (unpaired) electrons. The smallest absolute Gasteiger partial charge is 0.323 e. The molecule has 0 aliphatic carbocycles. The summed E-state index contributed by atoms with van der Waals surface area (Å²) >= 11 is 0. The summed E-state index contributed by atoms with van der Waals surface area (Å²) in [5.74, 6) is -1.30. The quantitative estimate of drug-likeness (QED) is 0.736. The molecular weight excluding hydrogens is 332 g/mol. The van der Waals surface area contributed by atoms with E-state index in [9.17, 15) is 18.0 Å². The maximum absolute atomic E-state index is 12.3. The fourth-order valence-electron chi connectivity index (χ4n) is 2.68. The van der Waals surface area contributed by atoms with Crippen LogP contribution in [-0.4, -0.2) is 66.5 Å². The standard InChI is InChI=1S/C16H22N2O5S/c19-15(8-11-18-9-4-12-24(18,22)23)17(13-16(20)21)10-7-14-5-2-1-3-6-14/h1-3,5-6H,4,7-13H2,(H,20,21). The maximum atomic E-state index is 12.3. The second-order valence-electron chi connectivity index (χ2n) is 5.76. The van der Waals surface area contributed by atoms with E-state index in [1.807, 2.05) is 30.3 Å². The van der Waals surface area contributed by atoms with Gasteiger partial charge in [-0.1, -0.05) is 30.3 Å². The van der Waals surface area contributed by atoms with Gasteiger partial charge in [0.25, 0.3) is 0 Å². The van der Waals surface area contributed by atoms with Crippen molar-refractivity contribution in [3.8, 4) is 0 Å². The minimum absolute atomic E-state index is 0.00129. The number of carbonyl (C=O) groups excluding carboxylic acids is 1. The molecule has 0 atom stereocenters. The van der Waals surface area contributed by atoms with E-state index in [4.69, 9.17) is 5.11 Å². The van der Waals surface area contributed by atoms with E-state index in [0.717, 1.165) is 5.56 Å². The van der Waals surface area contributed by atoms with E-state index in [-0.39, 0.29) is 31.2 Å². The first kappa shape index (κ1) is 18.4. The van der Waals surface area contributed by atoms with Gasteiger partial charge >= 0.3 is 5.97 Å². The average Bonchev–Trinajstić information content (AvgIpc) is 2.88. The fourth-order valence-corrected chi connectivity index (χ4v) is 4.21. The summed E-state index contributed by atoms with van der Waals surface area (Å²) in [5.41, 5.74) is 1.02. The Bertz CT molecular complexity index is 675. The zero-order valence-electron chi connectivity index (χ0n) is 13.4. The summed E-state index contributed by atoms with van der Waals surface area (Å²) in [6, 6.07) is 9.49. The van der Waals surface area contributed by atoms with Gasteiger partial charge in [-0.05, 0) is 18.4 Å². The lowest BCUT2D eigenvalue weighted by Crippen LogP contribution is -2.39. The minimum Gasteiger partial charge on any atom is -0.480 e. The number of sulfonamides is 1. The number of benzene rings is 1. The van der Waals surface area contributed by atoms with Gasteiger partial charge in [0.15, 0.2) is 0 Å². The van der Waals surface area contributed by atoms with Crippen LogP contribution in [0.2, 0.25) is 0 Å². The van der Waals surface area contributed by atoms with E-state index in [0.29, 0.717) is 25.9 Å². The lowest BCUT2D eigenvalue weighted by molar-refractivity contribution is -0.144. The van der Waals surface area contributed by atoms with E-state index in [2.05, 4.69) is 0 Å². The van der Waals surface area contributed by atoms with Gasteiger partial charge < -0.3 is 10.0 Å². The van der Waals surface area contributed by atoms with Gasteiger partial charge in [0, 0.05) is 26.1 Å². The van der Waals surface area contributed by atoms with Gasteiger partial charge in [-0.15, -0.1) is 0 Å². The van der Waals surface area contributed by atoms with Crippen molar-refractivity contribution in [1.29, 1.82) is 0 Å². The molecule has 1 heterocycles. The molecule has 8 heteroatoms. The van der Waals surface area contributed by atoms with Crippen LogP contribution in [0.25, 0.3) is 0 Å². The number of carboxylic acid groups (broad SMARTS) is 1. The lowest BCUT2D eigenvalue weighted by Gasteiger charge is -2.22. The Hall–Kier alpha value is -1.93. The molecule has 7 nitrogen and oxygen atoms in total. The molecule has 1 fully saturated rings. The molecule has 0 aromatic heterocycles. The molecule has 1 aliphatic heterocycles. The third-order valence-corrected chi connectivity index (χ3v) is 5.93. The average molecular weight is 354 g/mol. The van der Waals surface area contributed by atoms with Crippen LogP contribution in [0, 0.1) is 0 Å². The number of carbonyl (C=O) groups is 2. The highest BCUT2D eigenvalue weighted by atomic mass is 32.2. The molecule has 0 spiro atoms. The summed E-state index contributed by atoms with van der Waals surface area (Å²) in [6.45, 7) is 0.460. The number of rotatable bonds is 8. The first-order chi connectivity index (χ1) is 11.4. The van der Waals surface area contributed by atoms with Crippen molar-refractivity contribution >= 4 is 21.9 Å². The van der Waals surface area contributed by atoms with Gasteiger partial charge in [-0.2, -0.15) is 0 Å². The van der Waals surface area contributed by atoms with E-state index in [1.165, 1.54) is 9.21 Å². The Morgan fingerprint density at radius 2 is 1.92 bits per heavy atom. The molecule has 132 valence electrons. The fraction of sp³-hybridized carbons (Fsp3) is 0.500. The molecule has 0 unspecified atom stereocenters. The molecular formula is C16H22N2O5S. The normalized spacial score (nSPS) is 16.8. The summed E-state index contributed by atoms with van der Waals surface area (Å²) in [5, 5.41) is 8.99. The Balaban J connectivity index is 1.91. The van der Waals surface area contributed by atoms with E-state index >= 15 is 0 Å². The van der Waals surface area contributed by atoms with Crippen molar-refractivity contribution in [3.63, 3.8) is 0 Å². The van der Waals surface area contributed by atoms with Gasteiger partial charge in [0.2, 0.25) is 15.9 Å². The predicted molar refractivity (Wildman–Crippen MR) is 89.0 cm³/mol. The third-order valence-electron chi connectivity index (χ3n) is 3.97. The molecule has 1 saturated heterocycles. The second kappa shape index (κ2) is 8.25. The van der Waals surface area contributed by atoms with Crippen molar-refractivity contribution in [1.82, 2.24) is 9.21 Å². The minimum atomic E-state index is -3.24. The highest BCUT2D eigenvalue weighted by Gasteiger charge is 2.29. The number of aliphatic carboxylic acids is 1. The molecule has 1 N–H and O–H groups in total. The number of hydrogen-bond donors (Lipinski definition) is 1. The van der Waals surface area contributed by atoms with Crippen molar-refractivity contribution in [2.45, 2.75) is 19.3 Å². The van der Waals surface area contributed by atoms with Gasteiger partial charge in [0.1, 0.15) is 6.54 Å². The van der Waals surface area contributed by atoms with Gasteiger partial charge in [-0.3, -0.25) is 9.59 Å². The maximum Gasteiger partial charge on any atom is 0.323 e. The van der Waals surface area contributed by atoms with E-state index in [1.54, 1.807) is 0 Å². The molecule has 2 rings (SSSR count). The number of nitrogens with zero attached hydrogens (tertiary/aromatic N) is 2. The summed E-state index contributed by atoms with van der Waals surface area (Å²) in [6.07, 6.45) is 1.13. The Labute approximate surface area is 141 Å². The van der Waals surface area contributed by atoms with Crippen LogP contribution in [0.4, 0.5) is 0 Å². The molecule has 24 heavy (non-hydrogen) atoms. The molecule has 0 saturated carbocycles. The topological polar surface area (TPSA) is 95.0 Å². The molecule has 1 aromatic carbocycles. The van der Waals surface area contributed by atoms with Crippen LogP contribution < -0.4 is 0 Å². The van der Waals surface area contributed by atoms with Gasteiger partial charge in [-0.25, -0.2) is 12.7 Å².